The Morgan fingerprint density at radius 3 is 2.83 bits per heavy atom. The molecule has 0 fully saturated rings. The second-order valence-electron chi connectivity index (χ2n) is 4.03. The number of rotatable bonds is 4. The fourth-order valence-electron chi connectivity index (χ4n) is 1.65. The number of anilines is 2. The number of nitrogens with two attached hydrogens (primary N) is 1. The van der Waals surface area contributed by atoms with Gasteiger partial charge in [-0.1, -0.05) is 0 Å². The van der Waals surface area contributed by atoms with Crippen LogP contribution in [0.3, 0.4) is 0 Å². The van der Waals surface area contributed by atoms with Gasteiger partial charge in [-0.25, -0.2) is 4.79 Å². The highest BCUT2D eigenvalue weighted by atomic mass is 32.1. The van der Waals surface area contributed by atoms with Gasteiger partial charge in [0.15, 0.2) is 0 Å². The summed E-state index contributed by atoms with van der Waals surface area (Å²) in [6, 6.07) is 6.77. The summed E-state index contributed by atoms with van der Waals surface area (Å²) in [6.45, 7) is 2.01. The first kappa shape index (κ1) is 12.4. The van der Waals surface area contributed by atoms with Gasteiger partial charge in [0.05, 0.1) is 16.9 Å². The van der Waals surface area contributed by atoms with Gasteiger partial charge in [0.25, 0.3) is 0 Å². The molecule has 1 aromatic carbocycles. The van der Waals surface area contributed by atoms with E-state index in [9.17, 15) is 4.79 Å². The van der Waals surface area contributed by atoms with Crippen LogP contribution in [0.1, 0.15) is 28.9 Å². The zero-order chi connectivity index (χ0) is 13.1. The van der Waals surface area contributed by atoms with Crippen molar-refractivity contribution >= 4 is 28.7 Å². The number of carboxylic acids is 1. The highest BCUT2D eigenvalue weighted by Crippen LogP contribution is 2.26. The molecular weight excluding hydrogens is 248 g/mol. The van der Waals surface area contributed by atoms with E-state index in [1.807, 2.05) is 18.4 Å². The first-order chi connectivity index (χ1) is 8.58. The minimum absolute atomic E-state index is 0.0857. The monoisotopic (exact) mass is 262 g/mol. The Morgan fingerprint density at radius 1 is 1.44 bits per heavy atom. The minimum atomic E-state index is -0.957. The van der Waals surface area contributed by atoms with E-state index in [2.05, 4.69) is 10.7 Å². The van der Waals surface area contributed by atoms with E-state index in [0.717, 1.165) is 5.56 Å². The first-order valence-electron chi connectivity index (χ1n) is 5.49. The average Bonchev–Trinajstić information content (AvgIpc) is 2.85. The average molecular weight is 262 g/mol. The van der Waals surface area contributed by atoms with Crippen LogP contribution in [0.5, 0.6) is 0 Å². The summed E-state index contributed by atoms with van der Waals surface area (Å²) in [5.41, 5.74) is 8.41. The molecule has 5 heteroatoms. The van der Waals surface area contributed by atoms with Crippen molar-refractivity contribution in [3.8, 4) is 0 Å². The van der Waals surface area contributed by atoms with E-state index in [1.165, 1.54) is 6.07 Å². The van der Waals surface area contributed by atoms with E-state index in [-0.39, 0.29) is 11.6 Å². The van der Waals surface area contributed by atoms with Gasteiger partial charge < -0.3 is 16.2 Å². The molecule has 0 aliphatic rings. The number of hydrogen-bond acceptors (Lipinski definition) is 4. The Kier molecular flexibility index (Phi) is 3.53. The molecular formula is C13H14N2O2S. The molecule has 4 nitrogen and oxygen atoms in total. The van der Waals surface area contributed by atoms with Gasteiger partial charge in [0.2, 0.25) is 0 Å². The van der Waals surface area contributed by atoms with Crippen molar-refractivity contribution in [2.45, 2.75) is 13.0 Å². The van der Waals surface area contributed by atoms with E-state index in [0.29, 0.717) is 11.4 Å². The molecule has 0 saturated heterocycles. The van der Waals surface area contributed by atoms with E-state index in [4.69, 9.17) is 10.8 Å². The molecule has 2 aromatic rings. The molecule has 0 spiro atoms. The molecule has 1 unspecified atom stereocenters. The Morgan fingerprint density at radius 2 is 2.22 bits per heavy atom. The van der Waals surface area contributed by atoms with E-state index >= 15 is 0 Å². The Balaban J connectivity index is 2.23. The van der Waals surface area contributed by atoms with Crippen LogP contribution in [-0.4, -0.2) is 11.1 Å². The molecule has 0 radical (unpaired) electrons. The predicted molar refractivity (Wildman–Crippen MR) is 74.2 cm³/mol. The van der Waals surface area contributed by atoms with Crippen molar-refractivity contribution in [1.29, 1.82) is 0 Å². The molecule has 18 heavy (non-hydrogen) atoms. The third kappa shape index (κ3) is 2.62. The number of hydrogen-bond donors (Lipinski definition) is 3. The largest absolute Gasteiger partial charge is 0.478 e. The van der Waals surface area contributed by atoms with Crippen LogP contribution in [-0.2, 0) is 0 Å². The summed E-state index contributed by atoms with van der Waals surface area (Å²) in [7, 11) is 0. The second-order valence-corrected chi connectivity index (χ2v) is 4.81. The normalized spacial score (nSPS) is 12.1. The number of benzene rings is 1. The Hall–Kier alpha value is -2.01. The van der Waals surface area contributed by atoms with Gasteiger partial charge in [-0.15, -0.1) is 0 Å². The molecule has 0 amide bonds. The topological polar surface area (TPSA) is 75.3 Å². The number of aromatic carboxylic acids is 1. The predicted octanol–water partition coefficient (Wildman–Crippen LogP) is 3.20. The number of thiophene rings is 1. The van der Waals surface area contributed by atoms with Crippen LogP contribution in [0, 0.1) is 0 Å². The fraction of sp³-hybridized carbons (Fsp3) is 0.154. The highest BCUT2D eigenvalue weighted by Gasteiger charge is 2.10. The molecule has 4 N–H and O–H groups in total. The van der Waals surface area contributed by atoms with Crippen molar-refractivity contribution in [3.63, 3.8) is 0 Å². The van der Waals surface area contributed by atoms with E-state index < -0.39 is 5.97 Å². The molecule has 0 saturated carbocycles. The van der Waals surface area contributed by atoms with Gasteiger partial charge in [0, 0.05) is 6.04 Å². The van der Waals surface area contributed by atoms with Gasteiger partial charge in [-0.3, -0.25) is 0 Å². The molecule has 2 rings (SSSR count). The van der Waals surface area contributed by atoms with Gasteiger partial charge in [-0.05, 0) is 47.5 Å². The van der Waals surface area contributed by atoms with Crippen molar-refractivity contribution < 1.29 is 9.90 Å². The molecule has 0 aliphatic heterocycles. The smallest absolute Gasteiger partial charge is 0.335 e. The van der Waals surface area contributed by atoms with Crippen LogP contribution in [0.4, 0.5) is 11.4 Å². The number of nitrogen functional groups attached to an aromatic ring is 1. The molecule has 0 aliphatic carbocycles. The van der Waals surface area contributed by atoms with Crippen LogP contribution >= 0.6 is 11.3 Å². The van der Waals surface area contributed by atoms with Crippen molar-refractivity contribution in [3.05, 3.63) is 46.2 Å². The lowest BCUT2D eigenvalue weighted by Crippen LogP contribution is -2.09. The standard InChI is InChI=1S/C13H14N2O2S/c1-8(10-4-5-18-7-10)15-12-6-9(13(16)17)2-3-11(12)14/h2-8,15H,14H2,1H3,(H,16,17). The van der Waals surface area contributed by atoms with Gasteiger partial charge in [0.1, 0.15) is 0 Å². The number of carbonyl (C=O) groups is 1. The summed E-state index contributed by atoms with van der Waals surface area (Å²) >= 11 is 1.63. The molecule has 1 atom stereocenters. The number of carboxylic acid groups (broad SMARTS) is 1. The molecule has 1 heterocycles. The third-order valence-corrected chi connectivity index (χ3v) is 3.42. The highest BCUT2D eigenvalue weighted by molar-refractivity contribution is 7.07. The van der Waals surface area contributed by atoms with Crippen LogP contribution in [0.2, 0.25) is 0 Å². The maximum Gasteiger partial charge on any atom is 0.335 e. The maximum atomic E-state index is 10.9. The van der Waals surface area contributed by atoms with Gasteiger partial charge >= 0.3 is 5.97 Å². The molecule has 94 valence electrons. The summed E-state index contributed by atoms with van der Waals surface area (Å²) in [5, 5.41) is 16.2. The third-order valence-electron chi connectivity index (χ3n) is 2.72. The van der Waals surface area contributed by atoms with Crippen molar-refractivity contribution in [1.82, 2.24) is 0 Å². The van der Waals surface area contributed by atoms with Crippen LogP contribution in [0.25, 0.3) is 0 Å². The van der Waals surface area contributed by atoms with Crippen molar-refractivity contribution in [2.24, 2.45) is 0 Å². The summed E-state index contributed by atoms with van der Waals surface area (Å²) in [4.78, 5) is 10.9. The lowest BCUT2D eigenvalue weighted by atomic mass is 10.1. The number of nitrogens with one attached hydrogen (secondary N) is 1. The van der Waals surface area contributed by atoms with Crippen LogP contribution in [0.15, 0.2) is 35.0 Å². The van der Waals surface area contributed by atoms with Crippen LogP contribution < -0.4 is 11.1 Å². The zero-order valence-electron chi connectivity index (χ0n) is 9.88. The zero-order valence-corrected chi connectivity index (χ0v) is 10.7. The first-order valence-corrected chi connectivity index (χ1v) is 6.43. The van der Waals surface area contributed by atoms with Crippen molar-refractivity contribution in [2.75, 3.05) is 11.1 Å². The fourth-order valence-corrected chi connectivity index (χ4v) is 2.41. The maximum absolute atomic E-state index is 10.9. The minimum Gasteiger partial charge on any atom is -0.478 e. The summed E-state index contributed by atoms with van der Waals surface area (Å²) in [6.07, 6.45) is 0. The SMILES string of the molecule is CC(Nc1cc(C(=O)O)ccc1N)c1ccsc1. The lowest BCUT2D eigenvalue weighted by molar-refractivity contribution is 0.0697. The molecule has 0 bridgehead atoms. The lowest BCUT2D eigenvalue weighted by Gasteiger charge is -2.16. The van der Waals surface area contributed by atoms with Gasteiger partial charge in [-0.2, -0.15) is 11.3 Å². The Labute approximate surface area is 109 Å². The second kappa shape index (κ2) is 5.10. The molecule has 1 aromatic heterocycles. The summed E-state index contributed by atoms with van der Waals surface area (Å²) in [5.74, 6) is -0.957. The quantitative estimate of drug-likeness (QED) is 0.740. The Bertz CT molecular complexity index is 552. The summed E-state index contributed by atoms with van der Waals surface area (Å²) < 4.78 is 0. The van der Waals surface area contributed by atoms with E-state index in [1.54, 1.807) is 23.5 Å².